The van der Waals surface area contributed by atoms with Gasteiger partial charge in [0.25, 0.3) is 0 Å². The number of para-hydroxylation sites is 1. The Kier molecular flexibility index (Phi) is 4.16. The van der Waals surface area contributed by atoms with Gasteiger partial charge >= 0.3 is 5.97 Å². The Morgan fingerprint density at radius 1 is 1.25 bits per heavy atom. The first kappa shape index (κ1) is 14.6. The molecule has 0 spiro atoms. The number of pyridine rings is 1. The SMILES string of the molecule is Cc1cc(C)c(C(=O)O)c(Nc2c(Cl)cccc2Cl)n1. The van der Waals surface area contributed by atoms with Crippen molar-refractivity contribution >= 4 is 40.7 Å². The lowest BCUT2D eigenvalue weighted by molar-refractivity contribution is 0.0697. The van der Waals surface area contributed by atoms with Gasteiger partial charge in [0.15, 0.2) is 0 Å². The summed E-state index contributed by atoms with van der Waals surface area (Å²) in [7, 11) is 0. The second-order valence-electron chi connectivity index (χ2n) is 4.33. The molecular weight excluding hydrogens is 299 g/mol. The van der Waals surface area contributed by atoms with Crippen molar-refractivity contribution in [2.45, 2.75) is 13.8 Å². The van der Waals surface area contributed by atoms with E-state index >= 15 is 0 Å². The first-order chi connectivity index (χ1) is 9.40. The van der Waals surface area contributed by atoms with Crippen molar-refractivity contribution in [2.75, 3.05) is 5.32 Å². The molecule has 0 aliphatic heterocycles. The van der Waals surface area contributed by atoms with Crippen LogP contribution in [0.5, 0.6) is 0 Å². The van der Waals surface area contributed by atoms with Gasteiger partial charge in [-0.3, -0.25) is 0 Å². The van der Waals surface area contributed by atoms with Gasteiger partial charge in [-0.15, -0.1) is 0 Å². The Morgan fingerprint density at radius 2 is 1.85 bits per heavy atom. The number of carboxylic acid groups (broad SMARTS) is 1. The van der Waals surface area contributed by atoms with Gasteiger partial charge in [0.05, 0.1) is 15.7 Å². The van der Waals surface area contributed by atoms with Gasteiger partial charge in [0.2, 0.25) is 0 Å². The number of aryl methyl sites for hydroxylation is 2. The zero-order valence-electron chi connectivity index (χ0n) is 10.9. The number of halogens is 2. The molecule has 1 aromatic heterocycles. The molecule has 2 aromatic rings. The van der Waals surface area contributed by atoms with Crippen molar-refractivity contribution in [3.63, 3.8) is 0 Å². The van der Waals surface area contributed by atoms with Crippen LogP contribution in [0.2, 0.25) is 10.0 Å². The summed E-state index contributed by atoms with van der Waals surface area (Å²) in [4.78, 5) is 15.6. The van der Waals surface area contributed by atoms with Crippen LogP contribution < -0.4 is 5.32 Å². The topological polar surface area (TPSA) is 62.2 Å². The summed E-state index contributed by atoms with van der Waals surface area (Å²) in [6.45, 7) is 3.51. The van der Waals surface area contributed by atoms with Gasteiger partial charge in [0.1, 0.15) is 11.4 Å². The van der Waals surface area contributed by atoms with E-state index in [2.05, 4.69) is 10.3 Å². The van der Waals surface area contributed by atoms with Crippen LogP contribution in [0.4, 0.5) is 11.5 Å². The van der Waals surface area contributed by atoms with Gasteiger partial charge in [-0.1, -0.05) is 29.3 Å². The lowest BCUT2D eigenvalue weighted by Gasteiger charge is -2.14. The first-order valence-electron chi connectivity index (χ1n) is 5.82. The summed E-state index contributed by atoms with van der Waals surface area (Å²) in [6.07, 6.45) is 0. The fourth-order valence-electron chi connectivity index (χ4n) is 1.93. The maximum Gasteiger partial charge on any atom is 0.339 e. The summed E-state index contributed by atoms with van der Waals surface area (Å²) in [6, 6.07) is 6.75. The average molecular weight is 311 g/mol. The number of hydrogen-bond acceptors (Lipinski definition) is 3. The van der Waals surface area contributed by atoms with E-state index in [1.54, 1.807) is 38.1 Å². The summed E-state index contributed by atoms with van der Waals surface area (Å²) >= 11 is 12.1. The average Bonchev–Trinajstić information content (AvgIpc) is 2.32. The Balaban J connectivity index is 2.56. The highest BCUT2D eigenvalue weighted by molar-refractivity contribution is 6.39. The van der Waals surface area contributed by atoms with E-state index in [0.717, 1.165) is 0 Å². The predicted octanol–water partition coefficient (Wildman–Crippen LogP) is 4.45. The number of rotatable bonds is 3. The zero-order valence-corrected chi connectivity index (χ0v) is 12.4. The number of benzene rings is 1. The van der Waals surface area contributed by atoms with Crippen LogP contribution >= 0.6 is 23.2 Å². The Morgan fingerprint density at radius 3 is 2.40 bits per heavy atom. The van der Waals surface area contributed by atoms with Crippen molar-refractivity contribution in [3.05, 3.63) is 51.1 Å². The van der Waals surface area contributed by atoms with E-state index in [4.69, 9.17) is 23.2 Å². The van der Waals surface area contributed by atoms with Crippen LogP contribution in [0, 0.1) is 13.8 Å². The molecule has 2 rings (SSSR count). The van der Waals surface area contributed by atoms with E-state index in [1.807, 2.05) is 0 Å². The Hall–Kier alpha value is -1.78. The zero-order chi connectivity index (χ0) is 14.9. The maximum absolute atomic E-state index is 11.4. The number of anilines is 2. The van der Waals surface area contributed by atoms with Crippen LogP contribution in [0.25, 0.3) is 0 Å². The molecule has 20 heavy (non-hydrogen) atoms. The van der Waals surface area contributed by atoms with Gasteiger partial charge in [-0.25, -0.2) is 9.78 Å². The van der Waals surface area contributed by atoms with Gasteiger partial charge in [-0.05, 0) is 37.6 Å². The molecule has 0 saturated heterocycles. The van der Waals surface area contributed by atoms with E-state index in [0.29, 0.717) is 27.0 Å². The molecule has 0 unspecified atom stereocenters. The van der Waals surface area contributed by atoms with Crippen LogP contribution in [0.1, 0.15) is 21.6 Å². The normalized spacial score (nSPS) is 10.4. The second-order valence-corrected chi connectivity index (χ2v) is 5.15. The number of aromatic nitrogens is 1. The van der Waals surface area contributed by atoms with Gasteiger partial charge in [-0.2, -0.15) is 0 Å². The van der Waals surface area contributed by atoms with Gasteiger partial charge < -0.3 is 10.4 Å². The van der Waals surface area contributed by atoms with Crippen LogP contribution in [-0.2, 0) is 0 Å². The second kappa shape index (κ2) is 5.69. The van der Waals surface area contributed by atoms with Gasteiger partial charge in [0, 0.05) is 5.69 Å². The molecule has 0 fully saturated rings. The molecule has 0 bridgehead atoms. The largest absolute Gasteiger partial charge is 0.478 e. The molecule has 0 atom stereocenters. The molecule has 0 saturated carbocycles. The van der Waals surface area contributed by atoms with Crippen molar-refractivity contribution in [1.29, 1.82) is 0 Å². The van der Waals surface area contributed by atoms with Crippen molar-refractivity contribution < 1.29 is 9.90 Å². The van der Waals surface area contributed by atoms with E-state index in [9.17, 15) is 9.90 Å². The number of hydrogen-bond donors (Lipinski definition) is 2. The number of nitrogens with zero attached hydrogens (tertiary/aromatic N) is 1. The monoisotopic (exact) mass is 310 g/mol. The smallest absolute Gasteiger partial charge is 0.339 e. The minimum absolute atomic E-state index is 0.103. The highest BCUT2D eigenvalue weighted by Gasteiger charge is 2.17. The number of aromatic carboxylic acids is 1. The Labute approximate surface area is 126 Å². The fourth-order valence-corrected chi connectivity index (χ4v) is 2.42. The van der Waals surface area contributed by atoms with Crippen LogP contribution in [-0.4, -0.2) is 16.1 Å². The molecule has 6 heteroatoms. The third-order valence-electron chi connectivity index (χ3n) is 2.76. The highest BCUT2D eigenvalue weighted by Crippen LogP contribution is 2.33. The van der Waals surface area contributed by atoms with E-state index < -0.39 is 5.97 Å². The van der Waals surface area contributed by atoms with Crippen LogP contribution in [0.15, 0.2) is 24.3 Å². The number of carboxylic acids is 1. The summed E-state index contributed by atoms with van der Waals surface area (Å²) in [5.74, 6) is -0.828. The lowest BCUT2D eigenvalue weighted by Crippen LogP contribution is -2.08. The van der Waals surface area contributed by atoms with Crippen LogP contribution in [0.3, 0.4) is 0 Å². The molecule has 1 heterocycles. The molecule has 2 N–H and O–H groups in total. The standard InChI is InChI=1S/C14H12Cl2N2O2/c1-7-6-8(2)17-13(11(7)14(19)20)18-12-9(15)4-3-5-10(12)16/h3-6H,1-2H3,(H,17,18)(H,19,20). The summed E-state index contributed by atoms with van der Waals surface area (Å²) < 4.78 is 0. The number of carbonyl (C=O) groups is 1. The number of nitrogens with one attached hydrogen (secondary N) is 1. The third kappa shape index (κ3) is 2.86. The molecular formula is C14H12Cl2N2O2. The van der Waals surface area contributed by atoms with Crippen molar-refractivity contribution in [1.82, 2.24) is 4.98 Å². The molecule has 104 valence electrons. The maximum atomic E-state index is 11.4. The molecule has 0 aliphatic rings. The summed E-state index contributed by atoms with van der Waals surface area (Å²) in [5.41, 5.74) is 1.87. The molecule has 4 nitrogen and oxygen atoms in total. The van der Waals surface area contributed by atoms with E-state index in [-0.39, 0.29) is 11.4 Å². The molecule has 0 aliphatic carbocycles. The van der Waals surface area contributed by atoms with Crippen molar-refractivity contribution in [3.8, 4) is 0 Å². The van der Waals surface area contributed by atoms with Crippen molar-refractivity contribution in [2.24, 2.45) is 0 Å². The minimum Gasteiger partial charge on any atom is -0.478 e. The highest BCUT2D eigenvalue weighted by atomic mass is 35.5. The fraction of sp³-hybridized carbons (Fsp3) is 0.143. The Bertz CT molecular complexity index is 667. The predicted molar refractivity (Wildman–Crippen MR) is 80.4 cm³/mol. The summed E-state index contributed by atoms with van der Waals surface area (Å²) in [5, 5.41) is 13.0. The molecule has 0 radical (unpaired) electrons. The molecule has 1 aromatic carbocycles. The first-order valence-corrected chi connectivity index (χ1v) is 6.58. The minimum atomic E-state index is -1.05. The lowest BCUT2D eigenvalue weighted by atomic mass is 10.1. The molecule has 0 amide bonds. The van der Waals surface area contributed by atoms with E-state index in [1.165, 1.54) is 0 Å². The third-order valence-corrected chi connectivity index (χ3v) is 3.39. The quantitative estimate of drug-likeness (QED) is 0.879.